The van der Waals surface area contributed by atoms with Gasteiger partial charge in [0.15, 0.2) is 11.5 Å². The van der Waals surface area contributed by atoms with Gasteiger partial charge in [-0.3, -0.25) is 4.79 Å². The molecule has 4 aromatic rings. The van der Waals surface area contributed by atoms with E-state index in [0.29, 0.717) is 28.3 Å². The summed E-state index contributed by atoms with van der Waals surface area (Å²) in [6.07, 6.45) is 1.37. The van der Waals surface area contributed by atoms with Crippen LogP contribution in [-0.2, 0) is 0 Å². The largest absolute Gasteiger partial charge is 0.493 e. The monoisotopic (exact) mass is 472 g/mol. The third kappa shape index (κ3) is 3.24. The summed E-state index contributed by atoms with van der Waals surface area (Å²) in [6.45, 7) is 0. The fraction of sp³-hybridized carbons (Fsp3) is 0.150. The van der Waals surface area contributed by atoms with Gasteiger partial charge in [-0.15, -0.1) is 4.68 Å². The molecule has 0 amide bonds. The van der Waals surface area contributed by atoms with Crippen LogP contribution in [0.5, 0.6) is 17.2 Å². The Balaban J connectivity index is 1.85. The minimum Gasteiger partial charge on any atom is -0.493 e. The Kier molecular flexibility index (Phi) is 5.08. The van der Waals surface area contributed by atoms with E-state index in [4.69, 9.17) is 14.2 Å². The van der Waals surface area contributed by atoms with E-state index in [9.17, 15) is 9.59 Å². The van der Waals surface area contributed by atoms with Gasteiger partial charge in [0.05, 0.1) is 33.1 Å². The smallest absolute Gasteiger partial charge is 0.350 e. The van der Waals surface area contributed by atoms with Gasteiger partial charge in [0, 0.05) is 20.9 Å². The number of benzene rings is 2. The number of nitrogens with one attached hydrogen (secondary N) is 2. The zero-order valence-corrected chi connectivity index (χ0v) is 17.9. The molecule has 0 fully saturated rings. The molecule has 4 rings (SSSR count). The van der Waals surface area contributed by atoms with E-state index in [1.54, 1.807) is 12.1 Å². The second kappa shape index (κ2) is 7.71. The molecule has 2 heterocycles. The summed E-state index contributed by atoms with van der Waals surface area (Å²) >= 11 is 3.40. The maximum Gasteiger partial charge on any atom is 0.350 e. The molecule has 9 nitrogen and oxygen atoms in total. The van der Waals surface area contributed by atoms with Crippen molar-refractivity contribution in [2.45, 2.75) is 0 Å². The molecule has 0 aliphatic carbocycles. The maximum atomic E-state index is 12.9. The molecular formula is C20H17BrN4O5. The van der Waals surface area contributed by atoms with Crippen LogP contribution in [0, 0.1) is 0 Å². The Labute approximate surface area is 178 Å². The highest BCUT2D eigenvalue weighted by molar-refractivity contribution is 9.10. The molecule has 0 atom stereocenters. The number of methoxy groups -OCH3 is 3. The van der Waals surface area contributed by atoms with Gasteiger partial charge in [0.25, 0.3) is 0 Å². The summed E-state index contributed by atoms with van der Waals surface area (Å²) in [5, 5.41) is 4.80. The van der Waals surface area contributed by atoms with Crippen LogP contribution in [0.1, 0.15) is 5.56 Å². The molecule has 0 radical (unpaired) electrons. The highest BCUT2D eigenvalue weighted by Gasteiger charge is 2.14. The van der Waals surface area contributed by atoms with Crippen LogP contribution in [0.2, 0.25) is 0 Å². The highest BCUT2D eigenvalue weighted by Crippen LogP contribution is 2.37. The standard InChI is InChI=1S/C20H17BrN4O5/c1-28-14-6-10(7-15(29-2)18(14)30-3)9-22-25-19(26)17-16(24-20(25)27)12-8-11(21)4-5-13(12)23-17/h4-9,23H,1-3H3,(H,24,27). The molecule has 30 heavy (non-hydrogen) atoms. The van der Waals surface area contributed by atoms with Gasteiger partial charge in [-0.1, -0.05) is 15.9 Å². The predicted molar refractivity (Wildman–Crippen MR) is 117 cm³/mol. The molecule has 0 spiro atoms. The zero-order valence-electron chi connectivity index (χ0n) is 16.3. The summed E-state index contributed by atoms with van der Waals surface area (Å²) in [7, 11) is 4.49. The predicted octanol–water partition coefficient (Wildman–Crippen LogP) is 2.84. The zero-order chi connectivity index (χ0) is 21.4. The van der Waals surface area contributed by atoms with Crippen molar-refractivity contribution in [3.05, 3.63) is 61.2 Å². The molecule has 0 saturated carbocycles. The molecule has 2 aromatic carbocycles. The topological polar surface area (TPSA) is 111 Å². The van der Waals surface area contributed by atoms with Crippen LogP contribution in [0.15, 0.2) is 49.5 Å². The van der Waals surface area contributed by atoms with Gasteiger partial charge < -0.3 is 24.2 Å². The number of hydrogen-bond donors (Lipinski definition) is 2. The Bertz CT molecular complexity index is 1390. The Hall–Kier alpha value is -3.53. The fourth-order valence-corrected chi connectivity index (χ4v) is 3.58. The van der Waals surface area contributed by atoms with Gasteiger partial charge in [0.2, 0.25) is 5.75 Å². The molecular weight excluding hydrogens is 456 g/mol. The molecule has 154 valence electrons. The third-order valence-electron chi connectivity index (χ3n) is 4.60. The van der Waals surface area contributed by atoms with Gasteiger partial charge in [-0.05, 0) is 30.3 Å². The Morgan fingerprint density at radius 3 is 2.30 bits per heavy atom. The molecule has 2 aromatic heterocycles. The lowest BCUT2D eigenvalue weighted by atomic mass is 10.2. The molecule has 0 saturated heterocycles. The van der Waals surface area contributed by atoms with Crippen LogP contribution in [0.3, 0.4) is 0 Å². The average molecular weight is 473 g/mol. The third-order valence-corrected chi connectivity index (χ3v) is 5.09. The lowest BCUT2D eigenvalue weighted by molar-refractivity contribution is 0.324. The highest BCUT2D eigenvalue weighted by atomic mass is 79.9. The number of nitrogens with zero attached hydrogens (tertiary/aromatic N) is 2. The molecule has 0 unspecified atom stereocenters. The first kappa shape index (κ1) is 19.8. The van der Waals surface area contributed by atoms with E-state index < -0.39 is 11.2 Å². The molecule has 10 heteroatoms. The first-order valence-corrected chi connectivity index (χ1v) is 9.56. The summed E-state index contributed by atoms with van der Waals surface area (Å²) < 4.78 is 17.5. The fourth-order valence-electron chi connectivity index (χ4n) is 3.22. The van der Waals surface area contributed by atoms with E-state index >= 15 is 0 Å². The van der Waals surface area contributed by atoms with Crippen molar-refractivity contribution in [3.8, 4) is 17.2 Å². The van der Waals surface area contributed by atoms with Crippen molar-refractivity contribution < 1.29 is 14.2 Å². The summed E-state index contributed by atoms with van der Waals surface area (Å²) in [4.78, 5) is 31.2. The SMILES string of the molecule is COc1cc(C=Nn2c(=O)[nH]c3c([nH]c4ccc(Br)cc43)c2=O)cc(OC)c1OC. The second-order valence-electron chi connectivity index (χ2n) is 6.32. The van der Waals surface area contributed by atoms with Crippen LogP contribution >= 0.6 is 15.9 Å². The summed E-state index contributed by atoms with van der Waals surface area (Å²) in [5.41, 5.74) is 0.746. The Morgan fingerprint density at radius 2 is 1.67 bits per heavy atom. The van der Waals surface area contributed by atoms with Gasteiger partial charge in [0.1, 0.15) is 5.52 Å². The number of aromatic amines is 2. The second-order valence-corrected chi connectivity index (χ2v) is 7.23. The number of ether oxygens (including phenoxy) is 3. The summed E-state index contributed by atoms with van der Waals surface area (Å²) in [5.74, 6) is 1.28. The van der Waals surface area contributed by atoms with Crippen molar-refractivity contribution >= 4 is 44.1 Å². The molecule has 0 aliphatic rings. The van der Waals surface area contributed by atoms with Crippen molar-refractivity contribution in [3.63, 3.8) is 0 Å². The first-order valence-electron chi connectivity index (χ1n) is 8.77. The minimum atomic E-state index is -0.655. The maximum absolute atomic E-state index is 12.9. The van der Waals surface area contributed by atoms with Crippen molar-refractivity contribution in [2.75, 3.05) is 21.3 Å². The molecule has 2 N–H and O–H groups in total. The molecule has 0 aliphatic heterocycles. The van der Waals surface area contributed by atoms with Crippen LogP contribution in [0.4, 0.5) is 0 Å². The van der Waals surface area contributed by atoms with E-state index in [-0.39, 0.29) is 5.52 Å². The number of hydrogen-bond acceptors (Lipinski definition) is 6. The van der Waals surface area contributed by atoms with Crippen LogP contribution in [-0.4, -0.2) is 42.2 Å². The van der Waals surface area contributed by atoms with Gasteiger partial charge >= 0.3 is 11.2 Å². The average Bonchev–Trinajstić information content (AvgIpc) is 3.10. The Morgan fingerprint density at radius 1 is 0.967 bits per heavy atom. The van der Waals surface area contributed by atoms with Gasteiger partial charge in [-0.2, -0.15) is 5.10 Å². The molecule has 0 bridgehead atoms. The van der Waals surface area contributed by atoms with Gasteiger partial charge in [-0.25, -0.2) is 4.79 Å². The van der Waals surface area contributed by atoms with Crippen LogP contribution < -0.4 is 25.5 Å². The number of H-pyrrole nitrogens is 2. The van der Waals surface area contributed by atoms with E-state index in [1.807, 2.05) is 18.2 Å². The van der Waals surface area contributed by atoms with Crippen LogP contribution in [0.25, 0.3) is 21.9 Å². The number of halogens is 1. The first-order chi connectivity index (χ1) is 14.5. The number of aromatic nitrogens is 3. The summed E-state index contributed by atoms with van der Waals surface area (Å²) in [6, 6.07) is 8.80. The number of fused-ring (bicyclic) bond motifs is 3. The quantitative estimate of drug-likeness (QED) is 0.433. The normalized spacial score (nSPS) is 11.5. The lowest BCUT2D eigenvalue weighted by Crippen LogP contribution is -2.32. The van der Waals surface area contributed by atoms with E-state index in [2.05, 4.69) is 31.0 Å². The number of rotatable bonds is 5. The van der Waals surface area contributed by atoms with Crippen molar-refractivity contribution in [1.29, 1.82) is 0 Å². The van der Waals surface area contributed by atoms with E-state index in [1.165, 1.54) is 27.5 Å². The van der Waals surface area contributed by atoms with Crippen molar-refractivity contribution in [1.82, 2.24) is 14.6 Å². The van der Waals surface area contributed by atoms with E-state index in [0.717, 1.165) is 20.1 Å². The minimum absolute atomic E-state index is 0.254. The van der Waals surface area contributed by atoms with Crippen molar-refractivity contribution in [2.24, 2.45) is 5.10 Å². The lowest BCUT2D eigenvalue weighted by Gasteiger charge is -2.12.